The van der Waals surface area contributed by atoms with Crippen LogP contribution in [0.5, 0.6) is 17.2 Å². The first-order valence-corrected chi connectivity index (χ1v) is 14.3. The highest BCUT2D eigenvalue weighted by Crippen LogP contribution is 2.25. The molecule has 0 aliphatic heterocycles. The molecule has 0 amide bonds. The van der Waals surface area contributed by atoms with Crippen LogP contribution in [-0.4, -0.2) is 53.8 Å². The van der Waals surface area contributed by atoms with Crippen LogP contribution in [0.1, 0.15) is 27.9 Å². The number of benzene rings is 3. The molecular formula is C30H31Br3O8. The highest BCUT2D eigenvalue weighted by molar-refractivity contribution is 9.11. The van der Waals surface area contributed by atoms with Crippen molar-refractivity contribution < 1.29 is 38.1 Å². The third-order valence-corrected chi connectivity index (χ3v) is 6.66. The molecule has 0 aliphatic rings. The molecule has 0 aromatic heterocycles. The van der Waals surface area contributed by atoms with Gasteiger partial charge in [-0.1, -0.05) is 47.8 Å². The fourth-order valence-corrected chi connectivity index (χ4v) is 4.31. The molecule has 0 saturated heterocycles. The Hall–Kier alpha value is -3.15. The lowest BCUT2D eigenvalue weighted by atomic mass is 10.1. The standard InChI is InChI=1S/C11H13BrO3.C11H11BrO3.C8H7BrO2/c2*1-14-10-5-4-9(12)7-8(10)3-6-11(13)15-2;1-11-8-3-2-7(9)4-6(8)5-10/h4-5,7H,3,6H2,1-2H3;3-7H,1-2H3;2-5H,1H3/b;6-3+;. The lowest BCUT2D eigenvalue weighted by molar-refractivity contribution is -0.140. The zero-order valence-corrected chi connectivity index (χ0v) is 28.0. The second-order valence-electron chi connectivity index (χ2n) is 7.78. The van der Waals surface area contributed by atoms with E-state index in [2.05, 4.69) is 57.3 Å². The molecule has 41 heavy (non-hydrogen) atoms. The molecule has 0 radical (unpaired) electrons. The van der Waals surface area contributed by atoms with E-state index in [9.17, 15) is 14.4 Å². The summed E-state index contributed by atoms with van der Waals surface area (Å²) >= 11 is 9.97. The second-order valence-corrected chi connectivity index (χ2v) is 10.5. The molecule has 0 aliphatic carbocycles. The minimum Gasteiger partial charge on any atom is -0.496 e. The fraction of sp³-hybridized carbons (Fsp3) is 0.233. The summed E-state index contributed by atoms with van der Waals surface area (Å²) in [6, 6.07) is 16.6. The molecular weight excluding hydrogens is 728 g/mol. The molecule has 0 heterocycles. The first kappa shape index (κ1) is 35.9. The molecule has 0 unspecified atom stereocenters. The first-order valence-electron chi connectivity index (χ1n) is 11.9. The zero-order valence-electron chi connectivity index (χ0n) is 23.2. The molecule has 3 rings (SSSR count). The highest BCUT2D eigenvalue weighted by Gasteiger charge is 2.07. The smallest absolute Gasteiger partial charge is 0.330 e. The van der Waals surface area contributed by atoms with E-state index < -0.39 is 5.97 Å². The number of aryl methyl sites for hydroxylation is 1. The summed E-state index contributed by atoms with van der Waals surface area (Å²) in [4.78, 5) is 32.3. The summed E-state index contributed by atoms with van der Waals surface area (Å²) in [6.07, 6.45) is 4.75. The number of aldehydes is 1. The number of ether oxygens (including phenoxy) is 5. The summed E-state index contributed by atoms with van der Waals surface area (Å²) in [5, 5.41) is 0. The van der Waals surface area contributed by atoms with Gasteiger partial charge in [-0.3, -0.25) is 9.59 Å². The van der Waals surface area contributed by atoms with Crippen LogP contribution in [0.25, 0.3) is 6.08 Å². The van der Waals surface area contributed by atoms with Crippen molar-refractivity contribution in [3.05, 3.63) is 90.8 Å². The van der Waals surface area contributed by atoms with Gasteiger partial charge in [-0.25, -0.2) is 4.79 Å². The van der Waals surface area contributed by atoms with Crippen LogP contribution >= 0.6 is 47.8 Å². The van der Waals surface area contributed by atoms with Crippen LogP contribution in [0, 0.1) is 0 Å². The highest BCUT2D eigenvalue weighted by atomic mass is 79.9. The predicted octanol–water partition coefficient (Wildman–Crippen LogP) is 7.48. The van der Waals surface area contributed by atoms with Gasteiger partial charge in [0.25, 0.3) is 0 Å². The average Bonchev–Trinajstić information content (AvgIpc) is 2.99. The Morgan fingerprint density at radius 1 is 0.683 bits per heavy atom. The van der Waals surface area contributed by atoms with Crippen molar-refractivity contribution in [1.82, 2.24) is 0 Å². The molecule has 0 N–H and O–H groups in total. The van der Waals surface area contributed by atoms with Crippen LogP contribution in [0.15, 0.2) is 74.1 Å². The molecule has 0 spiro atoms. The lowest BCUT2D eigenvalue weighted by Gasteiger charge is -2.08. The Kier molecular flexibility index (Phi) is 17.4. The molecule has 8 nitrogen and oxygen atoms in total. The summed E-state index contributed by atoms with van der Waals surface area (Å²) in [5.74, 6) is 1.50. The molecule has 0 atom stereocenters. The van der Waals surface area contributed by atoms with Crippen LogP contribution in [0.2, 0.25) is 0 Å². The Bertz CT molecular complexity index is 1330. The van der Waals surface area contributed by atoms with E-state index in [-0.39, 0.29) is 5.97 Å². The van der Waals surface area contributed by atoms with Crippen molar-refractivity contribution in [2.75, 3.05) is 35.5 Å². The van der Waals surface area contributed by atoms with E-state index in [0.717, 1.165) is 36.6 Å². The number of carbonyl (C=O) groups is 3. The quantitative estimate of drug-likeness (QED) is 0.126. The van der Waals surface area contributed by atoms with E-state index in [0.29, 0.717) is 29.9 Å². The van der Waals surface area contributed by atoms with Gasteiger partial charge in [0.1, 0.15) is 17.2 Å². The average molecular weight is 759 g/mol. The number of esters is 2. The van der Waals surface area contributed by atoms with Crippen LogP contribution in [0.4, 0.5) is 0 Å². The van der Waals surface area contributed by atoms with Crippen LogP contribution in [-0.2, 0) is 25.5 Å². The Morgan fingerprint density at radius 3 is 1.66 bits per heavy atom. The number of methoxy groups -OCH3 is 5. The zero-order chi connectivity index (χ0) is 30.8. The number of hydrogen-bond donors (Lipinski definition) is 0. The third kappa shape index (κ3) is 13.4. The number of hydrogen-bond acceptors (Lipinski definition) is 8. The summed E-state index contributed by atoms with van der Waals surface area (Å²) in [6.45, 7) is 0. The maximum atomic E-state index is 11.0. The molecule has 0 bridgehead atoms. The Labute approximate surface area is 265 Å². The second kappa shape index (κ2) is 19.8. The maximum absolute atomic E-state index is 11.0. The minimum absolute atomic E-state index is 0.211. The van der Waals surface area contributed by atoms with Crippen molar-refractivity contribution in [1.29, 1.82) is 0 Å². The van der Waals surface area contributed by atoms with Crippen LogP contribution in [0.3, 0.4) is 0 Å². The third-order valence-electron chi connectivity index (χ3n) is 5.18. The topological polar surface area (TPSA) is 97.4 Å². The fourth-order valence-electron chi connectivity index (χ4n) is 3.14. The molecule has 0 saturated carbocycles. The first-order chi connectivity index (χ1) is 19.6. The van der Waals surface area contributed by atoms with E-state index in [4.69, 9.17) is 14.2 Å². The van der Waals surface area contributed by atoms with Gasteiger partial charge in [0.2, 0.25) is 0 Å². The predicted molar refractivity (Wildman–Crippen MR) is 169 cm³/mol. The lowest BCUT2D eigenvalue weighted by Crippen LogP contribution is -2.03. The normalized spacial score (nSPS) is 9.85. The van der Waals surface area contributed by atoms with Gasteiger partial charge in [-0.2, -0.15) is 0 Å². The summed E-state index contributed by atoms with van der Waals surface area (Å²) < 4.78 is 27.1. The van der Waals surface area contributed by atoms with Crippen LogP contribution < -0.4 is 14.2 Å². The van der Waals surface area contributed by atoms with Gasteiger partial charge in [0.05, 0.1) is 41.1 Å². The van der Waals surface area contributed by atoms with E-state index in [1.807, 2.05) is 42.5 Å². The molecule has 0 fully saturated rings. The molecule has 3 aromatic rings. The van der Waals surface area contributed by atoms with E-state index in [1.54, 1.807) is 32.4 Å². The maximum Gasteiger partial charge on any atom is 0.330 e. The van der Waals surface area contributed by atoms with Gasteiger partial charge in [0, 0.05) is 31.5 Å². The monoisotopic (exact) mass is 756 g/mol. The number of halogens is 3. The van der Waals surface area contributed by atoms with Crippen molar-refractivity contribution >= 4 is 72.1 Å². The minimum atomic E-state index is -0.392. The van der Waals surface area contributed by atoms with Gasteiger partial charge in [-0.05, 0) is 72.7 Å². The molecule has 3 aromatic carbocycles. The largest absolute Gasteiger partial charge is 0.496 e. The molecule has 11 heteroatoms. The summed E-state index contributed by atoms with van der Waals surface area (Å²) in [5.41, 5.74) is 2.37. The van der Waals surface area contributed by atoms with Gasteiger partial charge in [-0.15, -0.1) is 0 Å². The van der Waals surface area contributed by atoms with Gasteiger partial charge >= 0.3 is 11.9 Å². The van der Waals surface area contributed by atoms with Crippen molar-refractivity contribution in [3.8, 4) is 17.2 Å². The Morgan fingerprint density at radius 2 is 1.17 bits per heavy atom. The van der Waals surface area contributed by atoms with Crippen molar-refractivity contribution in [2.45, 2.75) is 12.8 Å². The molecule has 220 valence electrons. The SMILES string of the molecule is COC(=O)/C=C/c1cc(Br)ccc1OC.COC(=O)CCc1cc(Br)ccc1OC.COc1ccc(Br)cc1C=O. The van der Waals surface area contributed by atoms with Crippen molar-refractivity contribution in [2.24, 2.45) is 0 Å². The Balaban J connectivity index is 0.000000312. The van der Waals surface area contributed by atoms with E-state index in [1.165, 1.54) is 27.4 Å². The van der Waals surface area contributed by atoms with Gasteiger partial charge < -0.3 is 23.7 Å². The van der Waals surface area contributed by atoms with E-state index >= 15 is 0 Å². The number of rotatable bonds is 9. The number of carbonyl (C=O) groups excluding carboxylic acids is 3. The van der Waals surface area contributed by atoms with Gasteiger partial charge in [0.15, 0.2) is 6.29 Å². The summed E-state index contributed by atoms with van der Waals surface area (Å²) in [7, 11) is 7.46. The van der Waals surface area contributed by atoms with Crippen molar-refractivity contribution in [3.63, 3.8) is 0 Å².